The molecule has 0 saturated heterocycles. The van der Waals surface area contributed by atoms with Crippen LogP contribution in [0.5, 0.6) is 11.5 Å². The molecule has 29 heavy (non-hydrogen) atoms. The Balaban J connectivity index is 1.89. The van der Waals surface area contributed by atoms with E-state index in [1.165, 1.54) is 23.5 Å². The average molecular weight is 421 g/mol. The molecule has 0 unspecified atom stereocenters. The van der Waals surface area contributed by atoms with E-state index in [0.717, 1.165) is 12.2 Å². The highest BCUT2D eigenvalue weighted by Crippen LogP contribution is 2.20. The SMILES string of the molecule is CCCOc1ccc(OCC(=O)Nc2ccc(S(=O)(=O)N(C)C(C)C)cc2)cc1. The summed E-state index contributed by atoms with van der Waals surface area (Å²) in [6.45, 7) is 6.13. The zero-order chi connectivity index (χ0) is 21.4. The van der Waals surface area contributed by atoms with Gasteiger partial charge >= 0.3 is 0 Å². The summed E-state index contributed by atoms with van der Waals surface area (Å²) >= 11 is 0. The lowest BCUT2D eigenvalue weighted by molar-refractivity contribution is -0.118. The van der Waals surface area contributed by atoms with Gasteiger partial charge in [-0.15, -0.1) is 0 Å². The lowest BCUT2D eigenvalue weighted by Gasteiger charge is -2.21. The largest absolute Gasteiger partial charge is 0.494 e. The number of benzene rings is 2. The summed E-state index contributed by atoms with van der Waals surface area (Å²) in [5.41, 5.74) is 0.494. The molecule has 1 N–H and O–H groups in total. The monoisotopic (exact) mass is 420 g/mol. The molecule has 0 spiro atoms. The first kappa shape index (κ1) is 22.7. The summed E-state index contributed by atoms with van der Waals surface area (Å²) in [5, 5.41) is 2.69. The number of rotatable bonds is 10. The van der Waals surface area contributed by atoms with E-state index >= 15 is 0 Å². The summed E-state index contributed by atoms with van der Waals surface area (Å²) in [6.07, 6.45) is 0.930. The smallest absolute Gasteiger partial charge is 0.262 e. The van der Waals surface area contributed by atoms with Crippen molar-refractivity contribution in [1.82, 2.24) is 4.31 Å². The van der Waals surface area contributed by atoms with Crippen molar-refractivity contribution in [1.29, 1.82) is 0 Å². The van der Waals surface area contributed by atoms with Crippen molar-refractivity contribution < 1.29 is 22.7 Å². The maximum atomic E-state index is 12.5. The molecule has 2 aromatic rings. The van der Waals surface area contributed by atoms with E-state index in [9.17, 15) is 13.2 Å². The van der Waals surface area contributed by atoms with Crippen LogP contribution in [-0.4, -0.2) is 44.9 Å². The van der Waals surface area contributed by atoms with Crippen LogP contribution in [-0.2, 0) is 14.8 Å². The Morgan fingerprint density at radius 1 is 1.00 bits per heavy atom. The second kappa shape index (κ2) is 10.3. The van der Waals surface area contributed by atoms with Gasteiger partial charge in [-0.1, -0.05) is 6.92 Å². The van der Waals surface area contributed by atoms with Gasteiger partial charge in [0.15, 0.2) is 6.61 Å². The predicted molar refractivity (Wildman–Crippen MR) is 113 cm³/mol. The molecule has 7 nitrogen and oxygen atoms in total. The average Bonchev–Trinajstić information content (AvgIpc) is 2.71. The van der Waals surface area contributed by atoms with Crippen molar-refractivity contribution in [3.63, 3.8) is 0 Å². The van der Waals surface area contributed by atoms with E-state index in [2.05, 4.69) is 5.32 Å². The van der Waals surface area contributed by atoms with Gasteiger partial charge in [0.25, 0.3) is 5.91 Å². The van der Waals surface area contributed by atoms with Crippen molar-refractivity contribution in [2.24, 2.45) is 0 Å². The molecule has 0 atom stereocenters. The van der Waals surface area contributed by atoms with Gasteiger partial charge in [-0.25, -0.2) is 8.42 Å². The highest BCUT2D eigenvalue weighted by atomic mass is 32.2. The molecule has 0 saturated carbocycles. The molecule has 0 aromatic heterocycles. The summed E-state index contributed by atoms with van der Waals surface area (Å²) < 4.78 is 37.2. The number of nitrogens with zero attached hydrogens (tertiary/aromatic N) is 1. The number of hydrogen-bond donors (Lipinski definition) is 1. The molecule has 0 bridgehead atoms. The second-order valence-electron chi connectivity index (χ2n) is 6.80. The molecule has 0 fully saturated rings. The first-order chi connectivity index (χ1) is 13.7. The van der Waals surface area contributed by atoms with Crippen molar-refractivity contribution >= 4 is 21.6 Å². The van der Waals surface area contributed by atoms with Crippen molar-refractivity contribution in [2.45, 2.75) is 38.1 Å². The fraction of sp³-hybridized carbons (Fsp3) is 0.381. The van der Waals surface area contributed by atoms with Crippen LogP contribution in [0.1, 0.15) is 27.2 Å². The molecule has 2 aromatic carbocycles. The molecule has 0 aliphatic heterocycles. The van der Waals surface area contributed by atoms with Crippen LogP contribution < -0.4 is 14.8 Å². The van der Waals surface area contributed by atoms with Gasteiger partial charge in [-0.3, -0.25) is 4.79 Å². The zero-order valence-corrected chi connectivity index (χ0v) is 18.0. The number of carbonyl (C=O) groups is 1. The third kappa shape index (κ3) is 6.47. The van der Waals surface area contributed by atoms with Crippen LogP contribution in [0.25, 0.3) is 0 Å². The van der Waals surface area contributed by atoms with E-state index in [1.54, 1.807) is 50.2 Å². The van der Waals surface area contributed by atoms with Gasteiger partial charge in [0.1, 0.15) is 11.5 Å². The van der Waals surface area contributed by atoms with Crippen LogP contribution >= 0.6 is 0 Å². The van der Waals surface area contributed by atoms with Crippen molar-refractivity contribution in [2.75, 3.05) is 25.6 Å². The summed E-state index contributed by atoms with van der Waals surface area (Å²) in [7, 11) is -2.02. The van der Waals surface area contributed by atoms with Crippen molar-refractivity contribution in [3.05, 3.63) is 48.5 Å². The van der Waals surface area contributed by atoms with Crippen LogP contribution in [0.15, 0.2) is 53.4 Å². The molecule has 0 heterocycles. The summed E-state index contributed by atoms with van der Waals surface area (Å²) in [4.78, 5) is 12.3. The topological polar surface area (TPSA) is 84.9 Å². The molecule has 2 rings (SSSR count). The summed E-state index contributed by atoms with van der Waals surface area (Å²) in [6, 6.07) is 13.0. The van der Waals surface area contributed by atoms with Gasteiger partial charge in [-0.05, 0) is 68.8 Å². The number of ether oxygens (including phenoxy) is 2. The number of carbonyl (C=O) groups excluding carboxylic acids is 1. The van der Waals surface area contributed by atoms with E-state index in [4.69, 9.17) is 9.47 Å². The lowest BCUT2D eigenvalue weighted by Crippen LogP contribution is -2.33. The van der Waals surface area contributed by atoms with Gasteiger partial charge in [0.05, 0.1) is 11.5 Å². The first-order valence-corrected chi connectivity index (χ1v) is 10.9. The molecule has 0 aliphatic carbocycles. The maximum absolute atomic E-state index is 12.5. The van der Waals surface area contributed by atoms with Gasteiger partial charge in [0.2, 0.25) is 10.0 Å². The van der Waals surface area contributed by atoms with E-state index in [0.29, 0.717) is 18.0 Å². The Morgan fingerprint density at radius 2 is 1.55 bits per heavy atom. The molecule has 0 aliphatic rings. The Hall–Kier alpha value is -2.58. The first-order valence-electron chi connectivity index (χ1n) is 9.47. The number of amides is 1. The van der Waals surface area contributed by atoms with Gasteiger partial charge < -0.3 is 14.8 Å². The van der Waals surface area contributed by atoms with E-state index in [-0.39, 0.29) is 23.5 Å². The number of anilines is 1. The second-order valence-corrected chi connectivity index (χ2v) is 8.79. The minimum Gasteiger partial charge on any atom is -0.494 e. The van der Waals surface area contributed by atoms with Crippen LogP contribution in [0, 0.1) is 0 Å². The Labute approximate surface area is 172 Å². The quantitative estimate of drug-likeness (QED) is 0.636. The number of hydrogen-bond acceptors (Lipinski definition) is 5. The van der Waals surface area contributed by atoms with Crippen molar-refractivity contribution in [3.8, 4) is 11.5 Å². The Kier molecular flexibility index (Phi) is 8.04. The minimum atomic E-state index is -3.55. The fourth-order valence-electron chi connectivity index (χ4n) is 2.35. The lowest BCUT2D eigenvalue weighted by atomic mass is 10.3. The van der Waals surface area contributed by atoms with Crippen LogP contribution in [0.2, 0.25) is 0 Å². The van der Waals surface area contributed by atoms with Crippen LogP contribution in [0.4, 0.5) is 5.69 Å². The van der Waals surface area contributed by atoms with E-state index < -0.39 is 10.0 Å². The fourth-order valence-corrected chi connectivity index (χ4v) is 3.72. The highest BCUT2D eigenvalue weighted by Gasteiger charge is 2.22. The Morgan fingerprint density at radius 3 is 2.07 bits per heavy atom. The normalized spacial score (nSPS) is 11.5. The molecule has 1 amide bonds. The summed E-state index contributed by atoms with van der Waals surface area (Å²) in [5.74, 6) is 0.968. The predicted octanol–water partition coefficient (Wildman–Crippen LogP) is 3.52. The third-order valence-electron chi connectivity index (χ3n) is 4.21. The van der Waals surface area contributed by atoms with Gasteiger partial charge in [0, 0.05) is 18.8 Å². The maximum Gasteiger partial charge on any atom is 0.262 e. The number of sulfonamides is 1. The van der Waals surface area contributed by atoms with E-state index in [1.807, 2.05) is 6.92 Å². The molecule has 158 valence electrons. The molecular weight excluding hydrogens is 392 g/mol. The molecule has 8 heteroatoms. The molecule has 0 radical (unpaired) electrons. The minimum absolute atomic E-state index is 0.149. The zero-order valence-electron chi connectivity index (χ0n) is 17.2. The van der Waals surface area contributed by atoms with Crippen LogP contribution in [0.3, 0.4) is 0 Å². The number of nitrogens with one attached hydrogen (secondary N) is 1. The Bertz CT molecular complexity index is 894. The molecular formula is C21H28N2O5S. The standard InChI is InChI=1S/C21H28N2O5S/c1-5-14-27-18-8-10-19(11-9-18)28-15-21(24)22-17-6-12-20(13-7-17)29(25,26)23(4)16(2)3/h6-13,16H,5,14-15H2,1-4H3,(H,22,24). The van der Waals surface area contributed by atoms with Gasteiger partial charge in [-0.2, -0.15) is 4.31 Å². The highest BCUT2D eigenvalue weighted by molar-refractivity contribution is 7.89. The third-order valence-corrected chi connectivity index (χ3v) is 6.26.